The van der Waals surface area contributed by atoms with Gasteiger partial charge in [-0.3, -0.25) is 9.59 Å². The molecule has 1 unspecified atom stereocenters. The van der Waals surface area contributed by atoms with Crippen molar-refractivity contribution in [2.24, 2.45) is 5.92 Å². The van der Waals surface area contributed by atoms with E-state index in [0.29, 0.717) is 24.0 Å². The van der Waals surface area contributed by atoms with Crippen molar-refractivity contribution in [2.75, 3.05) is 38.7 Å². The number of nitrogens with one attached hydrogen (secondary N) is 1. The van der Waals surface area contributed by atoms with E-state index in [2.05, 4.69) is 16.4 Å². The summed E-state index contributed by atoms with van der Waals surface area (Å²) in [4.78, 5) is 31.6. The van der Waals surface area contributed by atoms with E-state index >= 15 is 0 Å². The second-order valence-electron chi connectivity index (χ2n) is 9.17. The van der Waals surface area contributed by atoms with Crippen molar-refractivity contribution in [1.29, 1.82) is 0 Å². The maximum Gasteiger partial charge on any atom is 0.245 e. The normalized spacial score (nSPS) is 20.3. The summed E-state index contributed by atoms with van der Waals surface area (Å²) >= 11 is 1.45. The van der Waals surface area contributed by atoms with Crippen LogP contribution in [0, 0.1) is 12.8 Å². The van der Waals surface area contributed by atoms with E-state index in [1.807, 2.05) is 37.3 Å². The third kappa shape index (κ3) is 4.79. The Morgan fingerprint density at radius 1 is 1.32 bits per heavy atom. The Bertz CT molecular complexity index is 1220. The molecule has 1 N–H and O–H groups in total. The van der Waals surface area contributed by atoms with Crippen molar-refractivity contribution >= 4 is 38.5 Å². The first kappa shape index (κ1) is 22.8. The largest absolute Gasteiger partial charge is 0.496 e. The van der Waals surface area contributed by atoms with Crippen molar-refractivity contribution in [3.63, 3.8) is 0 Å². The zero-order valence-electron chi connectivity index (χ0n) is 19.5. The number of amides is 2. The van der Waals surface area contributed by atoms with Gasteiger partial charge in [-0.25, -0.2) is 4.98 Å². The van der Waals surface area contributed by atoms with Gasteiger partial charge in [0.2, 0.25) is 11.8 Å². The van der Waals surface area contributed by atoms with Crippen molar-refractivity contribution in [1.82, 2.24) is 9.88 Å². The van der Waals surface area contributed by atoms with Crippen molar-refractivity contribution in [3.05, 3.63) is 53.1 Å². The Morgan fingerprint density at radius 2 is 2.21 bits per heavy atom. The number of thiazole rings is 1. The second kappa shape index (κ2) is 9.72. The standard InChI is InChI=1S/C26H29N3O4S/c1-16-4-3-5-22-25(16)28-26(34-22)27-23(30)14-29-13-20(12-24(29)31)18-6-7-21(32-2)19(11-18)10-17-8-9-33-15-17/h3-7,11,17,20H,8-10,12-15H2,1-2H3,(H,27,28,30)/t17?,20-/m1/s1. The lowest BCUT2D eigenvalue weighted by atomic mass is 9.92. The Kier molecular flexibility index (Phi) is 6.52. The number of benzene rings is 2. The van der Waals surface area contributed by atoms with Gasteiger partial charge in [-0.2, -0.15) is 0 Å². The number of hydrogen-bond acceptors (Lipinski definition) is 6. The summed E-state index contributed by atoms with van der Waals surface area (Å²) in [5.41, 5.74) is 4.25. The molecule has 0 saturated carbocycles. The van der Waals surface area contributed by atoms with Crippen molar-refractivity contribution in [3.8, 4) is 5.75 Å². The van der Waals surface area contributed by atoms with E-state index in [9.17, 15) is 9.59 Å². The van der Waals surface area contributed by atoms with Crippen LogP contribution in [-0.2, 0) is 20.7 Å². The number of nitrogens with zero attached hydrogens (tertiary/aromatic N) is 2. The highest BCUT2D eigenvalue weighted by molar-refractivity contribution is 7.22. The number of methoxy groups -OCH3 is 1. The lowest BCUT2D eigenvalue weighted by Crippen LogP contribution is -2.34. The number of likely N-dealkylation sites (tertiary alicyclic amines) is 1. The van der Waals surface area contributed by atoms with Crippen LogP contribution in [0.25, 0.3) is 10.2 Å². The predicted octanol–water partition coefficient (Wildman–Crippen LogP) is 4.15. The molecular formula is C26H29N3O4S. The topological polar surface area (TPSA) is 80.8 Å². The number of rotatable bonds is 7. The Balaban J connectivity index is 1.24. The number of para-hydroxylation sites is 1. The van der Waals surface area contributed by atoms with E-state index < -0.39 is 0 Å². The van der Waals surface area contributed by atoms with Crippen LogP contribution >= 0.6 is 11.3 Å². The van der Waals surface area contributed by atoms with Gasteiger partial charge in [0.1, 0.15) is 5.75 Å². The van der Waals surface area contributed by atoms with Crippen LogP contribution in [0.3, 0.4) is 0 Å². The van der Waals surface area contributed by atoms with Crippen molar-refractivity contribution < 1.29 is 19.1 Å². The van der Waals surface area contributed by atoms with E-state index in [1.54, 1.807) is 12.0 Å². The van der Waals surface area contributed by atoms with E-state index in [0.717, 1.165) is 58.7 Å². The number of aryl methyl sites for hydroxylation is 1. The molecule has 0 aliphatic carbocycles. The third-order valence-electron chi connectivity index (χ3n) is 6.72. The molecule has 1 aromatic heterocycles. The molecule has 2 amide bonds. The highest BCUT2D eigenvalue weighted by atomic mass is 32.1. The lowest BCUT2D eigenvalue weighted by molar-refractivity contribution is -0.131. The SMILES string of the molecule is COc1ccc([C@@H]2CC(=O)N(CC(=O)Nc3nc4c(C)cccc4s3)C2)cc1CC1CCOC1. The van der Waals surface area contributed by atoms with Crippen LogP contribution in [0.4, 0.5) is 5.13 Å². The lowest BCUT2D eigenvalue weighted by Gasteiger charge is -2.18. The Hall–Kier alpha value is -2.97. The molecule has 3 aromatic rings. The number of ether oxygens (including phenoxy) is 2. The smallest absolute Gasteiger partial charge is 0.245 e. The number of fused-ring (bicyclic) bond motifs is 1. The summed E-state index contributed by atoms with van der Waals surface area (Å²) in [6, 6.07) is 12.2. The summed E-state index contributed by atoms with van der Waals surface area (Å²) in [7, 11) is 1.69. The first-order chi connectivity index (χ1) is 16.5. The van der Waals surface area contributed by atoms with Gasteiger partial charge >= 0.3 is 0 Å². The molecule has 2 aromatic carbocycles. The second-order valence-corrected chi connectivity index (χ2v) is 10.2. The molecule has 34 heavy (non-hydrogen) atoms. The van der Waals surface area contributed by atoms with Gasteiger partial charge in [-0.15, -0.1) is 0 Å². The number of anilines is 1. The minimum Gasteiger partial charge on any atom is -0.496 e. The summed E-state index contributed by atoms with van der Waals surface area (Å²) in [6.45, 7) is 4.17. The first-order valence-corrected chi connectivity index (χ1v) is 12.5. The molecule has 178 valence electrons. The van der Waals surface area contributed by atoms with Crippen LogP contribution in [0.2, 0.25) is 0 Å². The maximum absolute atomic E-state index is 12.7. The summed E-state index contributed by atoms with van der Waals surface area (Å²) < 4.78 is 12.1. The molecule has 0 spiro atoms. The van der Waals surface area contributed by atoms with Gasteiger partial charge < -0.3 is 19.7 Å². The van der Waals surface area contributed by atoms with Gasteiger partial charge in [0.25, 0.3) is 0 Å². The molecule has 0 radical (unpaired) electrons. The highest BCUT2D eigenvalue weighted by Gasteiger charge is 2.32. The maximum atomic E-state index is 12.7. The molecule has 3 heterocycles. The van der Waals surface area contributed by atoms with E-state index in [4.69, 9.17) is 9.47 Å². The van der Waals surface area contributed by atoms with Gasteiger partial charge in [0, 0.05) is 32.1 Å². The monoisotopic (exact) mass is 479 g/mol. The number of carbonyl (C=O) groups excluding carboxylic acids is 2. The first-order valence-electron chi connectivity index (χ1n) is 11.7. The number of aromatic nitrogens is 1. The molecule has 2 aliphatic rings. The fourth-order valence-electron chi connectivity index (χ4n) is 4.89. The van der Waals surface area contributed by atoms with Crippen LogP contribution in [0.15, 0.2) is 36.4 Å². The molecular weight excluding hydrogens is 450 g/mol. The fourth-order valence-corrected chi connectivity index (χ4v) is 5.85. The summed E-state index contributed by atoms with van der Waals surface area (Å²) in [5.74, 6) is 1.22. The van der Waals surface area contributed by atoms with Gasteiger partial charge in [0.05, 0.1) is 23.9 Å². The molecule has 2 saturated heterocycles. The Morgan fingerprint density at radius 3 is 2.97 bits per heavy atom. The molecule has 2 atom stereocenters. The number of carbonyl (C=O) groups is 2. The zero-order chi connectivity index (χ0) is 23.7. The fraction of sp³-hybridized carbons (Fsp3) is 0.423. The number of hydrogen-bond donors (Lipinski definition) is 1. The molecule has 0 bridgehead atoms. The summed E-state index contributed by atoms with van der Waals surface area (Å²) in [6.07, 6.45) is 2.38. The molecule has 5 rings (SSSR count). The van der Waals surface area contributed by atoms with E-state index in [-0.39, 0.29) is 24.3 Å². The van der Waals surface area contributed by atoms with Crippen LogP contribution < -0.4 is 10.1 Å². The molecule has 8 heteroatoms. The average molecular weight is 480 g/mol. The van der Waals surface area contributed by atoms with Gasteiger partial charge in [-0.05, 0) is 54.5 Å². The third-order valence-corrected chi connectivity index (χ3v) is 7.66. The highest BCUT2D eigenvalue weighted by Crippen LogP contribution is 2.33. The van der Waals surface area contributed by atoms with Gasteiger partial charge in [-0.1, -0.05) is 35.6 Å². The molecule has 2 fully saturated rings. The molecule has 2 aliphatic heterocycles. The van der Waals surface area contributed by atoms with Crippen LogP contribution in [0.5, 0.6) is 5.75 Å². The van der Waals surface area contributed by atoms with E-state index in [1.165, 1.54) is 11.3 Å². The summed E-state index contributed by atoms with van der Waals surface area (Å²) in [5, 5.41) is 3.43. The minimum atomic E-state index is -0.220. The quantitative estimate of drug-likeness (QED) is 0.551. The van der Waals surface area contributed by atoms with Gasteiger partial charge in [0.15, 0.2) is 5.13 Å². The minimum absolute atomic E-state index is 0.00172. The predicted molar refractivity (Wildman–Crippen MR) is 133 cm³/mol. The van der Waals surface area contributed by atoms with Crippen LogP contribution in [-0.4, -0.2) is 55.1 Å². The van der Waals surface area contributed by atoms with Crippen molar-refractivity contribution in [2.45, 2.75) is 32.1 Å². The van der Waals surface area contributed by atoms with Crippen LogP contribution in [0.1, 0.15) is 35.4 Å². The molecule has 7 nitrogen and oxygen atoms in total. The Labute approximate surface area is 203 Å². The zero-order valence-corrected chi connectivity index (χ0v) is 20.3. The average Bonchev–Trinajstić information content (AvgIpc) is 3.55.